The van der Waals surface area contributed by atoms with Crippen LogP contribution in [0.3, 0.4) is 0 Å². The fourth-order valence-corrected chi connectivity index (χ4v) is 4.26. The minimum atomic E-state index is -0.293. The number of hydrogen-bond acceptors (Lipinski definition) is 6. The Morgan fingerprint density at radius 2 is 1.67 bits per heavy atom. The van der Waals surface area contributed by atoms with Crippen LogP contribution in [0.2, 0.25) is 0 Å². The number of benzene rings is 3. The summed E-state index contributed by atoms with van der Waals surface area (Å²) in [6, 6.07) is 23.0. The van der Waals surface area contributed by atoms with Crippen molar-refractivity contribution in [2.75, 3.05) is 26.2 Å². The number of aromatic nitrogens is 2. The number of carbonyl (C=O) groups is 1. The van der Waals surface area contributed by atoms with E-state index in [0.717, 1.165) is 11.1 Å². The molecule has 1 saturated heterocycles. The van der Waals surface area contributed by atoms with Gasteiger partial charge in [0, 0.05) is 31.7 Å². The van der Waals surface area contributed by atoms with Gasteiger partial charge >= 0.3 is 0 Å². The number of piperazine rings is 1. The van der Waals surface area contributed by atoms with Gasteiger partial charge in [-0.1, -0.05) is 59.8 Å². The molecule has 3 aromatic carbocycles. The second-order valence-electron chi connectivity index (χ2n) is 8.74. The maximum atomic E-state index is 13.3. The van der Waals surface area contributed by atoms with Gasteiger partial charge in [0.25, 0.3) is 5.91 Å². The van der Waals surface area contributed by atoms with Crippen LogP contribution in [0.4, 0.5) is 4.39 Å². The van der Waals surface area contributed by atoms with Crippen LogP contribution in [-0.4, -0.2) is 52.0 Å². The zero-order valence-corrected chi connectivity index (χ0v) is 20.0. The summed E-state index contributed by atoms with van der Waals surface area (Å²) in [7, 11) is 0. The molecular weight excluding hydrogens is 459 g/mol. The third-order valence-electron chi connectivity index (χ3n) is 6.41. The fourth-order valence-electron chi connectivity index (χ4n) is 4.26. The third-order valence-corrected chi connectivity index (χ3v) is 6.41. The molecule has 0 saturated carbocycles. The second-order valence-corrected chi connectivity index (χ2v) is 8.74. The van der Waals surface area contributed by atoms with E-state index in [1.807, 2.05) is 54.3 Å². The van der Waals surface area contributed by atoms with Crippen LogP contribution in [0.25, 0.3) is 11.4 Å². The molecule has 1 amide bonds. The molecule has 8 heteroatoms. The summed E-state index contributed by atoms with van der Waals surface area (Å²) in [5.41, 5.74) is 2.26. The highest BCUT2D eigenvalue weighted by atomic mass is 19.1. The molecule has 0 N–H and O–H groups in total. The second kappa shape index (κ2) is 10.7. The maximum absolute atomic E-state index is 13.3. The summed E-state index contributed by atoms with van der Waals surface area (Å²) in [6.45, 7) is 4.83. The highest BCUT2D eigenvalue weighted by Crippen LogP contribution is 2.26. The Labute approximate surface area is 209 Å². The van der Waals surface area contributed by atoms with Gasteiger partial charge in [-0.3, -0.25) is 9.69 Å². The molecule has 1 unspecified atom stereocenters. The van der Waals surface area contributed by atoms with E-state index in [1.54, 1.807) is 24.3 Å². The van der Waals surface area contributed by atoms with Crippen molar-refractivity contribution in [1.29, 1.82) is 0 Å². The molecule has 7 nitrogen and oxygen atoms in total. The molecule has 0 aliphatic carbocycles. The Bertz CT molecular complexity index is 1300. The summed E-state index contributed by atoms with van der Waals surface area (Å²) in [6.07, 6.45) is 0. The summed E-state index contributed by atoms with van der Waals surface area (Å²) in [5.74, 6) is 1.29. The molecule has 184 valence electrons. The van der Waals surface area contributed by atoms with Gasteiger partial charge in [0.2, 0.25) is 11.7 Å². The zero-order chi connectivity index (χ0) is 24.9. The number of nitrogens with zero attached hydrogens (tertiary/aromatic N) is 4. The average Bonchev–Trinajstić information content (AvgIpc) is 3.43. The van der Waals surface area contributed by atoms with Crippen LogP contribution in [0.15, 0.2) is 83.4 Å². The topological polar surface area (TPSA) is 71.7 Å². The number of ether oxygens (including phenoxy) is 1. The zero-order valence-electron chi connectivity index (χ0n) is 20.0. The van der Waals surface area contributed by atoms with Crippen molar-refractivity contribution in [3.05, 3.63) is 102 Å². The molecule has 1 aromatic heterocycles. The highest BCUT2D eigenvalue weighted by molar-refractivity contribution is 5.97. The van der Waals surface area contributed by atoms with Crippen LogP contribution >= 0.6 is 0 Å². The summed E-state index contributed by atoms with van der Waals surface area (Å²) >= 11 is 0. The smallest absolute Gasteiger partial charge is 0.257 e. The number of carbonyl (C=O) groups excluding carboxylic acids is 1. The molecule has 0 radical (unpaired) electrons. The Hall–Kier alpha value is -4.04. The summed E-state index contributed by atoms with van der Waals surface area (Å²) < 4.78 is 24.6. The fraction of sp³-hybridized carbons (Fsp3) is 0.250. The van der Waals surface area contributed by atoms with Crippen molar-refractivity contribution in [2.45, 2.75) is 19.6 Å². The molecular formula is C28H27FN4O3. The number of hydrogen-bond donors (Lipinski definition) is 0. The highest BCUT2D eigenvalue weighted by Gasteiger charge is 2.29. The van der Waals surface area contributed by atoms with Gasteiger partial charge in [-0.15, -0.1) is 0 Å². The van der Waals surface area contributed by atoms with Crippen molar-refractivity contribution in [3.8, 4) is 17.1 Å². The normalized spacial score (nSPS) is 15.0. The largest absolute Gasteiger partial charge is 0.488 e. The molecule has 1 fully saturated rings. The predicted octanol–water partition coefficient (Wildman–Crippen LogP) is 4.97. The van der Waals surface area contributed by atoms with E-state index in [1.165, 1.54) is 12.1 Å². The van der Waals surface area contributed by atoms with Crippen molar-refractivity contribution >= 4 is 5.91 Å². The standard InChI is InChI=1S/C28H27FN4O3/c1-20(27-30-26(31-36-27)22-7-3-2-4-8-22)32-15-17-33(18-16-32)28(34)24-9-5-6-10-25(24)35-19-21-11-13-23(29)14-12-21/h2-14,20H,15-19H2,1H3. The first-order valence-electron chi connectivity index (χ1n) is 12.0. The van der Waals surface area contributed by atoms with Crippen LogP contribution in [0.1, 0.15) is 34.8 Å². The Morgan fingerprint density at radius 1 is 0.972 bits per heavy atom. The van der Waals surface area contributed by atoms with E-state index in [4.69, 9.17) is 9.26 Å². The molecule has 36 heavy (non-hydrogen) atoms. The lowest BCUT2D eigenvalue weighted by Gasteiger charge is -2.37. The van der Waals surface area contributed by atoms with Crippen molar-refractivity contribution in [2.24, 2.45) is 0 Å². The van der Waals surface area contributed by atoms with Crippen molar-refractivity contribution in [3.63, 3.8) is 0 Å². The van der Waals surface area contributed by atoms with E-state index in [-0.39, 0.29) is 24.4 Å². The monoisotopic (exact) mass is 486 g/mol. The average molecular weight is 487 g/mol. The van der Waals surface area contributed by atoms with E-state index in [2.05, 4.69) is 15.0 Å². The molecule has 1 aliphatic rings. The van der Waals surface area contributed by atoms with Crippen LogP contribution < -0.4 is 4.74 Å². The number of halogens is 1. The molecule has 4 aromatic rings. The van der Waals surface area contributed by atoms with Crippen molar-refractivity contribution in [1.82, 2.24) is 19.9 Å². The SMILES string of the molecule is CC(c1nc(-c2ccccc2)no1)N1CCN(C(=O)c2ccccc2OCc2ccc(F)cc2)CC1. The maximum Gasteiger partial charge on any atom is 0.257 e. The third kappa shape index (κ3) is 5.28. The minimum Gasteiger partial charge on any atom is -0.488 e. The molecule has 1 aliphatic heterocycles. The first kappa shape index (κ1) is 23.7. The summed E-state index contributed by atoms with van der Waals surface area (Å²) in [4.78, 5) is 22.0. The first-order chi connectivity index (χ1) is 17.6. The quantitative estimate of drug-likeness (QED) is 0.367. The van der Waals surface area contributed by atoms with Crippen LogP contribution in [0.5, 0.6) is 5.75 Å². The van der Waals surface area contributed by atoms with Gasteiger partial charge in [0.1, 0.15) is 18.2 Å². The Balaban J connectivity index is 1.20. The lowest BCUT2D eigenvalue weighted by atomic mass is 10.1. The number of para-hydroxylation sites is 1. The summed E-state index contributed by atoms with van der Waals surface area (Å²) in [5, 5.41) is 4.13. The van der Waals surface area contributed by atoms with Crippen LogP contribution in [0, 0.1) is 5.82 Å². The first-order valence-corrected chi connectivity index (χ1v) is 12.0. The Morgan fingerprint density at radius 3 is 2.42 bits per heavy atom. The molecule has 1 atom stereocenters. The van der Waals surface area contributed by atoms with Crippen molar-refractivity contribution < 1.29 is 18.4 Å². The molecule has 2 heterocycles. The van der Waals surface area contributed by atoms with E-state index < -0.39 is 0 Å². The molecule has 0 spiro atoms. The van der Waals surface area contributed by atoms with E-state index >= 15 is 0 Å². The lowest BCUT2D eigenvalue weighted by molar-refractivity contribution is 0.0547. The van der Waals surface area contributed by atoms with E-state index in [9.17, 15) is 9.18 Å². The van der Waals surface area contributed by atoms with Crippen LogP contribution in [-0.2, 0) is 6.61 Å². The van der Waals surface area contributed by atoms with Gasteiger partial charge in [0.15, 0.2) is 0 Å². The van der Waals surface area contributed by atoms with Gasteiger partial charge in [-0.25, -0.2) is 4.39 Å². The molecule has 5 rings (SSSR count). The van der Waals surface area contributed by atoms with Gasteiger partial charge < -0.3 is 14.2 Å². The lowest BCUT2D eigenvalue weighted by Crippen LogP contribution is -2.49. The number of amides is 1. The van der Waals surface area contributed by atoms with Gasteiger partial charge in [-0.2, -0.15) is 4.98 Å². The Kier molecular flexibility index (Phi) is 7.04. The van der Waals surface area contributed by atoms with Gasteiger partial charge in [-0.05, 0) is 36.8 Å². The molecule has 0 bridgehead atoms. The number of rotatable bonds is 7. The minimum absolute atomic E-state index is 0.0569. The van der Waals surface area contributed by atoms with Gasteiger partial charge in [0.05, 0.1) is 11.6 Å². The van der Waals surface area contributed by atoms with E-state index in [0.29, 0.717) is 49.2 Å². The predicted molar refractivity (Wildman–Crippen MR) is 133 cm³/mol.